The number of aliphatic imine (C=N–C) groups is 1. The number of hydrogen-bond acceptors (Lipinski definition) is 3. The summed E-state index contributed by atoms with van der Waals surface area (Å²) in [5.74, 6) is 1.43. The van der Waals surface area contributed by atoms with Gasteiger partial charge in [0.1, 0.15) is 0 Å². The summed E-state index contributed by atoms with van der Waals surface area (Å²) in [6, 6.07) is 0.592. The van der Waals surface area contributed by atoms with Gasteiger partial charge in [0.25, 0.3) is 0 Å². The van der Waals surface area contributed by atoms with E-state index < -0.39 is 0 Å². The minimum absolute atomic E-state index is 0.502. The molecule has 0 aromatic carbocycles. The summed E-state index contributed by atoms with van der Waals surface area (Å²) < 4.78 is 0. The standard InChI is InChI=1S/C15H26N4S/c1-4-16-15(19-12-7-5-6-8-12)17-9-13-10-20-14(18-13)11(2)3/h10-12H,4-9H2,1-3H3,(H2,16,17,19). The van der Waals surface area contributed by atoms with Crippen LogP contribution in [0.5, 0.6) is 0 Å². The third-order valence-corrected chi connectivity index (χ3v) is 4.70. The molecule has 0 atom stereocenters. The summed E-state index contributed by atoms with van der Waals surface area (Å²) in [5, 5.41) is 10.2. The smallest absolute Gasteiger partial charge is 0.191 e. The molecule has 1 aromatic rings. The Morgan fingerprint density at radius 2 is 2.20 bits per heavy atom. The predicted octanol–water partition coefficient (Wildman–Crippen LogP) is 3.26. The first-order valence-corrected chi connectivity index (χ1v) is 8.56. The van der Waals surface area contributed by atoms with Crippen molar-refractivity contribution in [3.63, 3.8) is 0 Å². The highest BCUT2D eigenvalue weighted by Crippen LogP contribution is 2.20. The lowest BCUT2D eigenvalue weighted by molar-refractivity contribution is 0.613. The van der Waals surface area contributed by atoms with Gasteiger partial charge in [0.15, 0.2) is 5.96 Å². The zero-order chi connectivity index (χ0) is 14.4. The van der Waals surface area contributed by atoms with E-state index in [2.05, 4.69) is 46.8 Å². The Morgan fingerprint density at radius 3 is 2.80 bits per heavy atom. The lowest BCUT2D eigenvalue weighted by atomic mass is 10.2. The summed E-state index contributed by atoms with van der Waals surface area (Å²) in [6.07, 6.45) is 5.19. The third-order valence-electron chi connectivity index (χ3n) is 3.50. The summed E-state index contributed by atoms with van der Waals surface area (Å²) in [6.45, 7) is 8.01. The van der Waals surface area contributed by atoms with E-state index >= 15 is 0 Å². The summed E-state index contributed by atoms with van der Waals surface area (Å²) in [7, 11) is 0. The number of aromatic nitrogens is 1. The van der Waals surface area contributed by atoms with Crippen molar-refractivity contribution in [1.82, 2.24) is 15.6 Å². The van der Waals surface area contributed by atoms with E-state index in [9.17, 15) is 0 Å². The normalized spacial score (nSPS) is 16.9. The average molecular weight is 294 g/mol. The highest BCUT2D eigenvalue weighted by atomic mass is 32.1. The molecule has 1 aromatic heterocycles. The first-order valence-electron chi connectivity index (χ1n) is 7.68. The SMILES string of the molecule is CCNC(=NCc1csc(C(C)C)n1)NC1CCCC1. The van der Waals surface area contributed by atoms with Crippen LogP contribution in [-0.2, 0) is 6.54 Å². The molecule has 0 saturated heterocycles. The molecular formula is C15H26N4S. The van der Waals surface area contributed by atoms with Gasteiger partial charge in [0, 0.05) is 23.9 Å². The average Bonchev–Trinajstić information content (AvgIpc) is 3.07. The largest absolute Gasteiger partial charge is 0.357 e. The molecule has 20 heavy (non-hydrogen) atoms. The molecule has 1 fully saturated rings. The molecule has 0 spiro atoms. The van der Waals surface area contributed by atoms with Crippen molar-refractivity contribution < 1.29 is 0 Å². The topological polar surface area (TPSA) is 49.3 Å². The Kier molecular flexibility index (Phi) is 5.83. The van der Waals surface area contributed by atoms with Crippen molar-refractivity contribution in [1.29, 1.82) is 0 Å². The van der Waals surface area contributed by atoms with Crippen LogP contribution in [0.1, 0.15) is 63.1 Å². The number of nitrogens with one attached hydrogen (secondary N) is 2. The number of guanidine groups is 1. The number of thiazole rings is 1. The molecular weight excluding hydrogens is 268 g/mol. The molecule has 1 aliphatic carbocycles. The Labute approximate surface area is 126 Å². The van der Waals surface area contributed by atoms with Crippen molar-refractivity contribution >= 4 is 17.3 Å². The van der Waals surface area contributed by atoms with E-state index in [0.29, 0.717) is 18.5 Å². The maximum absolute atomic E-state index is 4.66. The third kappa shape index (κ3) is 4.47. The van der Waals surface area contributed by atoms with E-state index in [4.69, 9.17) is 0 Å². The fraction of sp³-hybridized carbons (Fsp3) is 0.733. The molecule has 0 unspecified atom stereocenters. The Hall–Kier alpha value is -1.10. The Balaban J connectivity index is 1.92. The number of rotatable bonds is 5. The van der Waals surface area contributed by atoms with E-state index in [0.717, 1.165) is 18.2 Å². The first-order chi connectivity index (χ1) is 9.69. The van der Waals surface area contributed by atoms with Crippen molar-refractivity contribution in [3.8, 4) is 0 Å². The van der Waals surface area contributed by atoms with Crippen LogP contribution < -0.4 is 10.6 Å². The lowest BCUT2D eigenvalue weighted by Crippen LogP contribution is -2.42. The summed E-state index contributed by atoms with van der Waals surface area (Å²) >= 11 is 1.73. The second-order valence-electron chi connectivity index (χ2n) is 5.65. The van der Waals surface area contributed by atoms with Crippen LogP contribution in [0.25, 0.3) is 0 Å². The lowest BCUT2D eigenvalue weighted by Gasteiger charge is -2.16. The van der Waals surface area contributed by atoms with Crippen LogP contribution in [0.3, 0.4) is 0 Å². The van der Waals surface area contributed by atoms with Gasteiger partial charge in [-0.25, -0.2) is 9.98 Å². The second kappa shape index (κ2) is 7.62. The van der Waals surface area contributed by atoms with Gasteiger partial charge in [0.05, 0.1) is 17.2 Å². The Morgan fingerprint density at radius 1 is 1.45 bits per heavy atom. The molecule has 0 aliphatic heterocycles. The quantitative estimate of drug-likeness (QED) is 0.647. The highest BCUT2D eigenvalue weighted by molar-refractivity contribution is 7.09. The van der Waals surface area contributed by atoms with Crippen LogP contribution in [0, 0.1) is 0 Å². The molecule has 1 saturated carbocycles. The molecule has 1 aliphatic rings. The van der Waals surface area contributed by atoms with E-state index in [1.807, 2.05) is 0 Å². The van der Waals surface area contributed by atoms with Crippen molar-refractivity contribution in [2.75, 3.05) is 6.54 Å². The van der Waals surface area contributed by atoms with Gasteiger partial charge in [-0.15, -0.1) is 11.3 Å². The van der Waals surface area contributed by atoms with Crippen LogP contribution in [0.2, 0.25) is 0 Å². The first kappa shape index (κ1) is 15.3. The zero-order valence-corrected chi connectivity index (χ0v) is 13.6. The van der Waals surface area contributed by atoms with Crippen LogP contribution in [0.4, 0.5) is 0 Å². The molecule has 0 amide bonds. The second-order valence-corrected chi connectivity index (χ2v) is 6.54. The fourth-order valence-electron chi connectivity index (χ4n) is 2.40. The maximum Gasteiger partial charge on any atom is 0.191 e. The fourth-order valence-corrected chi connectivity index (χ4v) is 3.23. The van der Waals surface area contributed by atoms with Crippen molar-refractivity contribution in [2.24, 2.45) is 4.99 Å². The van der Waals surface area contributed by atoms with E-state index in [1.165, 1.54) is 30.7 Å². The number of nitrogens with zero attached hydrogens (tertiary/aromatic N) is 2. The van der Waals surface area contributed by atoms with Gasteiger partial charge in [-0.3, -0.25) is 0 Å². The summed E-state index contributed by atoms with van der Waals surface area (Å²) in [5.41, 5.74) is 1.07. The minimum Gasteiger partial charge on any atom is -0.357 e. The van der Waals surface area contributed by atoms with Crippen LogP contribution in [0.15, 0.2) is 10.4 Å². The molecule has 0 bridgehead atoms. The zero-order valence-electron chi connectivity index (χ0n) is 12.8. The molecule has 0 radical (unpaired) electrons. The van der Waals surface area contributed by atoms with Crippen molar-refractivity contribution in [3.05, 3.63) is 16.1 Å². The monoisotopic (exact) mass is 294 g/mol. The molecule has 4 nitrogen and oxygen atoms in total. The molecule has 5 heteroatoms. The van der Waals surface area contributed by atoms with Gasteiger partial charge in [0.2, 0.25) is 0 Å². The Bertz CT molecular complexity index is 433. The van der Waals surface area contributed by atoms with Gasteiger partial charge in [-0.1, -0.05) is 26.7 Å². The molecule has 2 rings (SSSR count). The maximum atomic E-state index is 4.66. The van der Waals surface area contributed by atoms with Crippen molar-refractivity contribution in [2.45, 2.75) is 65.0 Å². The molecule has 112 valence electrons. The molecule has 1 heterocycles. The minimum atomic E-state index is 0.502. The van der Waals surface area contributed by atoms with Gasteiger partial charge in [-0.05, 0) is 19.8 Å². The van der Waals surface area contributed by atoms with Crippen LogP contribution in [-0.4, -0.2) is 23.5 Å². The van der Waals surface area contributed by atoms with Gasteiger partial charge >= 0.3 is 0 Å². The van der Waals surface area contributed by atoms with Crippen LogP contribution >= 0.6 is 11.3 Å². The predicted molar refractivity (Wildman–Crippen MR) is 86.4 cm³/mol. The summed E-state index contributed by atoms with van der Waals surface area (Å²) in [4.78, 5) is 9.29. The van der Waals surface area contributed by atoms with E-state index in [-0.39, 0.29) is 0 Å². The molecule has 2 N–H and O–H groups in total. The van der Waals surface area contributed by atoms with E-state index in [1.54, 1.807) is 11.3 Å². The highest BCUT2D eigenvalue weighted by Gasteiger charge is 2.15. The number of hydrogen-bond donors (Lipinski definition) is 2. The van der Waals surface area contributed by atoms with Gasteiger partial charge < -0.3 is 10.6 Å². The van der Waals surface area contributed by atoms with Gasteiger partial charge in [-0.2, -0.15) is 0 Å².